The molecular weight excluding hydrogens is 404 g/mol. The van der Waals surface area contributed by atoms with E-state index < -0.39 is 17.7 Å². The molecule has 31 heavy (non-hydrogen) atoms. The van der Waals surface area contributed by atoms with Crippen molar-refractivity contribution in [1.82, 2.24) is 35.0 Å². The number of benzene rings is 2. The molecule has 0 aliphatic heterocycles. The molecule has 3 aromatic heterocycles. The molecule has 1 unspecified atom stereocenters. The minimum absolute atomic E-state index is 0.126. The summed E-state index contributed by atoms with van der Waals surface area (Å²) in [6.45, 7) is 1.75. The third kappa shape index (κ3) is 3.27. The SMILES string of the molecule is CC(Oc1nn2c(-c3ccccc3F)nncc2c1-c1ccccc1F)c1ncn[nH]1. The van der Waals surface area contributed by atoms with Gasteiger partial charge in [0.2, 0.25) is 5.88 Å². The topological polar surface area (TPSA) is 93.9 Å². The average Bonchev–Trinajstić information content (AvgIpc) is 3.43. The molecule has 10 heteroatoms. The summed E-state index contributed by atoms with van der Waals surface area (Å²) in [5.74, 6) is -0.178. The Kier molecular flexibility index (Phi) is 4.58. The van der Waals surface area contributed by atoms with Gasteiger partial charge in [0.1, 0.15) is 23.5 Å². The Morgan fingerprint density at radius 2 is 1.71 bits per heavy atom. The smallest absolute Gasteiger partial charge is 0.242 e. The van der Waals surface area contributed by atoms with Crippen LogP contribution in [0.1, 0.15) is 18.9 Å². The minimum atomic E-state index is -0.559. The number of hydrogen-bond donors (Lipinski definition) is 1. The lowest BCUT2D eigenvalue weighted by Crippen LogP contribution is -2.06. The summed E-state index contributed by atoms with van der Waals surface area (Å²) < 4.78 is 36.6. The number of fused-ring (bicyclic) bond motifs is 1. The van der Waals surface area contributed by atoms with Gasteiger partial charge in [-0.25, -0.2) is 18.3 Å². The molecule has 2 aromatic carbocycles. The van der Waals surface area contributed by atoms with Crippen molar-refractivity contribution in [2.75, 3.05) is 0 Å². The molecule has 0 aliphatic rings. The van der Waals surface area contributed by atoms with Gasteiger partial charge in [0.05, 0.1) is 17.3 Å². The monoisotopic (exact) mass is 419 g/mol. The van der Waals surface area contributed by atoms with Crippen molar-refractivity contribution in [3.05, 3.63) is 78.5 Å². The van der Waals surface area contributed by atoms with E-state index in [2.05, 4.69) is 30.5 Å². The summed E-state index contributed by atoms with van der Waals surface area (Å²) in [4.78, 5) is 4.09. The number of ether oxygens (including phenoxy) is 1. The first-order valence-corrected chi connectivity index (χ1v) is 9.39. The van der Waals surface area contributed by atoms with Crippen molar-refractivity contribution in [2.45, 2.75) is 13.0 Å². The summed E-state index contributed by atoms with van der Waals surface area (Å²) in [5.41, 5.74) is 1.26. The van der Waals surface area contributed by atoms with E-state index in [1.807, 2.05) is 0 Å². The van der Waals surface area contributed by atoms with E-state index in [9.17, 15) is 8.78 Å². The third-order valence-electron chi connectivity index (χ3n) is 4.79. The predicted octanol–water partition coefficient (Wildman–Crippen LogP) is 3.99. The third-order valence-corrected chi connectivity index (χ3v) is 4.79. The zero-order valence-corrected chi connectivity index (χ0v) is 16.2. The highest BCUT2D eigenvalue weighted by atomic mass is 19.1. The van der Waals surface area contributed by atoms with E-state index in [4.69, 9.17) is 4.74 Å². The molecule has 0 radical (unpaired) electrons. The van der Waals surface area contributed by atoms with Crippen LogP contribution < -0.4 is 4.74 Å². The second-order valence-electron chi connectivity index (χ2n) is 6.74. The van der Waals surface area contributed by atoms with Crippen LogP contribution >= 0.6 is 0 Å². The minimum Gasteiger partial charge on any atom is -0.465 e. The van der Waals surface area contributed by atoms with Crippen LogP contribution in [0.3, 0.4) is 0 Å². The van der Waals surface area contributed by atoms with E-state index in [0.29, 0.717) is 16.9 Å². The Labute approximate surface area is 174 Å². The molecule has 3 heterocycles. The number of nitrogens with one attached hydrogen (secondary N) is 1. The van der Waals surface area contributed by atoms with Gasteiger partial charge < -0.3 is 4.74 Å². The molecule has 1 N–H and O–H groups in total. The Balaban J connectivity index is 1.75. The first kappa shape index (κ1) is 18.8. The Morgan fingerprint density at radius 1 is 1.00 bits per heavy atom. The summed E-state index contributed by atoms with van der Waals surface area (Å²) >= 11 is 0. The van der Waals surface area contributed by atoms with Gasteiger partial charge in [0, 0.05) is 5.56 Å². The van der Waals surface area contributed by atoms with Gasteiger partial charge in [0.25, 0.3) is 0 Å². The highest BCUT2D eigenvalue weighted by Crippen LogP contribution is 2.38. The summed E-state index contributed by atoms with van der Waals surface area (Å²) in [6.07, 6.45) is 2.24. The largest absolute Gasteiger partial charge is 0.465 e. The van der Waals surface area contributed by atoms with Gasteiger partial charge in [-0.1, -0.05) is 30.3 Å². The number of aromatic nitrogens is 7. The molecule has 8 nitrogen and oxygen atoms in total. The van der Waals surface area contributed by atoms with Gasteiger partial charge in [-0.2, -0.15) is 10.2 Å². The zero-order valence-electron chi connectivity index (χ0n) is 16.2. The molecular formula is C21H15F2N7O. The standard InChI is InChI=1S/C21H15F2N7O/c1-12(19-24-11-26-27-19)31-21-18(13-6-2-4-8-15(13)22)17-10-25-28-20(30(17)29-21)14-7-3-5-9-16(14)23/h2-12H,1H3,(H,24,26,27). The molecule has 0 aliphatic carbocycles. The maximum absolute atomic E-state index is 14.7. The van der Waals surface area contributed by atoms with Crippen molar-refractivity contribution in [1.29, 1.82) is 0 Å². The van der Waals surface area contributed by atoms with Crippen LogP contribution in [0.4, 0.5) is 8.78 Å². The highest BCUT2D eigenvalue weighted by molar-refractivity contribution is 5.85. The quantitative estimate of drug-likeness (QED) is 0.463. The average molecular weight is 419 g/mol. The molecule has 5 rings (SSSR count). The molecule has 0 spiro atoms. The van der Waals surface area contributed by atoms with E-state index in [1.54, 1.807) is 43.3 Å². The molecule has 0 saturated carbocycles. The van der Waals surface area contributed by atoms with Gasteiger partial charge in [-0.3, -0.25) is 5.10 Å². The molecule has 154 valence electrons. The highest BCUT2D eigenvalue weighted by Gasteiger charge is 2.24. The van der Waals surface area contributed by atoms with Crippen molar-refractivity contribution in [2.24, 2.45) is 0 Å². The maximum Gasteiger partial charge on any atom is 0.242 e. The van der Waals surface area contributed by atoms with Crippen LogP contribution in [-0.4, -0.2) is 35.0 Å². The van der Waals surface area contributed by atoms with Crippen LogP contribution in [0.2, 0.25) is 0 Å². The Hall–Kier alpha value is -4.21. The van der Waals surface area contributed by atoms with E-state index >= 15 is 0 Å². The molecule has 1 atom stereocenters. The normalized spacial score (nSPS) is 12.2. The van der Waals surface area contributed by atoms with E-state index in [-0.39, 0.29) is 22.8 Å². The van der Waals surface area contributed by atoms with Crippen LogP contribution in [0.15, 0.2) is 61.1 Å². The first-order valence-electron chi connectivity index (χ1n) is 9.39. The fourth-order valence-corrected chi connectivity index (χ4v) is 3.32. The number of nitrogens with zero attached hydrogens (tertiary/aromatic N) is 6. The molecule has 0 fully saturated rings. The van der Waals surface area contributed by atoms with Gasteiger partial charge >= 0.3 is 0 Å². The molecule has 0 bridgehead atoms. The van der Waals surface area contributed by atoms with Crippen molar-refractivity contribution in [3.8, 4) is 28.4 Å². The van der Waals surface area contributed by atoms with Gasteiger partial charge in [-0.05, 0) is 25.1 Å². The number of hydrogen-bond acceptors (Lipinski definition) is 6. The van der Waals surface area contributed by atoms with Crippen molar-refractivity contribution < 1.29 is 13.5 Å². The Bertz CT molecular complexity index is 1370. The molecule has 5 aromatic rings. The summed E-state index contributed by atoms with van der Waals surface area (Å²) in [5, 5.41) is 19.1. The zero-order chi connectivity index (χ0) is 21.4. The second kappa shape index (κ2) is 7.56. The van der Waals surface area contributed by atoms with Crippen LogP contribution in [-0.2, 0) is 0 Å². The van der Waals surface area contributed by atoms with E-state index in [0.717, 1.165) is 0 Å². The number of halogens is 2. The predicted molar refractivity (Wildman–Crippen MR) is 107 cm³/mol. The lowest BCUT2D eigenvalue weighted by atomic mass is 10.1. The van der Waals surface area contributed by atoms with Crippen LogP contribution in [0.5, 0.6) is 5.88 Å². The van der Waals surface area contributed by atoms with E-state index in [1.165, 1.54) is 29.2 Å². The van der Waals surface area contributed by atoms with Crippen molar-refractivity contribution in [3.63, 3.8) is 0 Å². The number of H-pyrrole nitrogens is 1. The number of rotatable bonds is 5. The Morgan fingerprint density at radius 3 is 2.39 bits per heavy atom. The van der Waals surface area contributed by atoms with Gasteiger partial charge in [0.15, 0.2) is 17.8 Å². The maximum atomic E-state index is 14.7. The lowest BCUT2D eigenvalue weighted by Gasteiger charge is -2.11. The van der Waals surface area contributed by atoms with Crippen LogP contribution in [0, 0.1) is 11.6 Å². The number of aromatic amines is 1. The molecule has 0 saturated heterocycles. The van der Waals surface area contributed by atoms with Crippen LogP contribution in [0.25, 0.3) is 28.0 Å². The fourth-order valence-electron chi connectivity index (χ4n) is 3.32. The van der Waals surface area contributed by atoms with Gasteiger partial charge in [-0.15, -0.1) is 10.2 Å². The summed E-state index contributed by atoms with van der Waals surface area (Å²) in [6, 6.07) is 12.4. The second-order valence-corrected chi connectivity index (χ2v) is 6.74. The first-order chi connectivity index (χ1) is 15.1. The lowest BCUT2D eigenvalue weighted by molar-refractivity contribution is 0.208. The molecule has 0 amide bonds. The van der Waals surface area contributed by atoms with Crippen molar-refractivity contribution >= 4 is 5.52 Å². The fraction of sp³-hybridized carbons (Fsp3) is 0.0952. The summed E-state index contributed by atoms with van der Waals surface area (Å²) in [7, 11) is 0.